The number of aryl methyl sites for hydroxylation is 1. The monoisotopic (exact) mass is 321 g/mol. The van der Waals surface area contributed by atoms with Gasteiger partial charge in [-0.05, 0) is 39.3 Å². The third-order valence-electron chi connectivity index (χ3n) is 4.83. The first-order valence-electron chi connectivity index (χ1n) is 8.36. The van der Waals surface area contributed by atoms with Crippen molar-refractivity contribution in [3.8, 4) is 0 Å². The van der Waals surface area contributed by atoms with Crippen molar-refractivity contribution < 1.29 is 0 Å². The summed E-state index contributed by atoms with van der Waals surface area (Å²) in [6, 6.07) is 0.712. The van der Waals surface area contributed by atoms with Crippen LogP contribution in [0.1, 0.15) is 36.3 Å². The van der Waals surface area contributed by atoms with Gasteiger partial charge in [-0.25, -0.2) is 4.98 Å². The molecule has 0 bridgehead atoms. The minimum absolute atomic E-state index is 0.712. The summed E-state index contributed by atoms with van der Waals surface area (Å²) in [7, 11) is 1.89. The van der Waals surface area contributed by atoms with E-state index in [1.54, 1.807) is 11.3 Å². The molecule has 1 N–H and O–H groups in total. The molecule has 1 unspecified atom stereocenters. The summed E-state index contributed by atoms with van der Waals surface area (Å²) in [5.74, 6) is 1.03. The molecule has 1 aromatic heterocycles. The number of piperidine rings is 1. The molecular formula is C16H27N5S. The topological polar surface area (TPSA) is 43.8 Å². The first-order chi connectivity index (χ1) is 10.8. The van der Waals surface area contributed by atoms with Crippen LogP contribution in [0, 0.1) is 6.92 Å². The molecule has 2 saturated heterocycles. The van der Waals surface area contributed by atoms with Crippen molar-refractivity contribution in [3.05, 3.63) is 16.1 Å². The number of rotatable bonds is 3. The van der Waals surface area contributed by atoms with Crippen molar-refractivity contribution in [1.29, 1.82) is 0 Å². The summed E-state index contributed by atoms with van der Waals surface area (Å²) in [5, 5.41) is 3.51. The number of likely N-dealkylation sites (tertiary alicyclic amines) is 2. The fourth-order valence-electron chi connectivity index (χ4n) is 3.50. The Morgan fingerprint density at radius 2 is 2.18 bits per heavy atom. The molecular weight excluding hydrogens is 294 g/mol. The van der Waals surface area contributed by atoms with Crippen molar-refractivity contribution in [2.75, 3.05) is 33.2 Å². The molecule has 2 fully saturated rings. The molecule has 2 aliphatic rings. The van der Waals surface area contributed by atoms with Crippen molar-refractivity contribution in [2.24, 2.45) is 4.99 Å². The number of nitrogens with one attached hydrogen (secondary N) is 1. The van der Waals surface area contributed by atoms with E-state index in [0.717, 1.165) is 31.3 Å². The lowest BCUT2D eigenvalue weighted by Crippen LogP contribution is -2.44. The van der Waals surface area contributed by atoms with Gasteiger partial charge in [0.05, 0.1) is 17.7 Å². The highest BCUT2D eigenvalue weighted by Crippen LogP contribution is 2.20. The van der Waals surface area contributed by atoms with E-state index in [2.05, 4.69) is 32.0 Å². The molecule has 1 atom stereocenters. The highest BCUT2D eigenvalue weighted by atomic mass is 32.1. The molecule has 6 heteroatoms. The predicted molar refractivity (Wildman–Crippen MR) is 92.5 cm³/mol. The average molecular weight is 321 g/mol. The van der Waals surface area contributed by atoms with E-state index in [9.17, 15) is 0 Å². The quantitative estimate of drug-likeness (QED) is 0.684. The molecule has 0 aromatic carbocycles. The molecule has 1 aromatic rings. The van der Waals surface area contributed by atoms with Gasteiger partial charge >= 0.3 is 0 Å². The van der Waals surface area contributed by atoms with E-state index in [0.29, 0.717) is 6.04 Å². The van der Waals surface area contributed by atoms with Crippen LogP contribution in [-0.2, 0) is 6.54 Å². The van der Waals surface area contributed by atoms with Crippen LogP contribution in [0.15, 0.2) is 10.5 Å². The van der Waals surface area contributed by atoms with Crippen molar-refractivity contribution in [3.63, 3.8) is 0 Å². The Morgan fingerprint density at radius 1 is 1.36 bits per heavy atom. The second-order valence-corrected chi connectivity index (χ2v) is 7.19. The average Bonchev–Trinajstić information content (AvgIpc) is 3.19. The molecule has 0 saturated carbocycles. The maximum Gasteiger partial charge on any atom is 0.193 e. The van der Waals surface area contributed by atoms with Crippen LogP contribution in [0.5, 0.6) is 0 Å². The fraction of sp³-hybridized carbons (Fsp3) is 0.750. The molecule has 3 heterocycles. The first kappa shape index (κ1) is 15.7. The van der Waals surface area contributed by atoms with Crippen LogP contribution in [0.4, 0.5) is 0 Å². The maximum atomic E-state index is 4.48. The summed E-state index contributed by atoms with van der Waals surface area (Å²) in [5.41, 5.74) is 3.04. The Kier molecular flexibility index (Phi) is 5.31. The second kappa shape index (κ2) is 7.42. The zero-order valence-corrected chi connectivity index (χ0v) is 14.5. The minimum Gasteiger partial charge on any atom is -0.351 e. The van der Waals surface area contributed by atoms with Gasteiger partial charge in [-0.1, -0.05) is 6.42 Å². The maximum absolute atomic E-state index is 4.48. The third kappa shape index (κ3) is 3.60. The zero-order chi connectivity index (χ0) is 15.4. The van der Waals surface area contributed by atoms with E-state index >= 15 is 0 Å². The van der Waals surface area contributed by atoms with Crippen LogP contribution in [0.3, 0.4) is 0 Å². The highest BCUT2D eigenvalue weighted by molar-refractivity contribution is 7.09. The summed E-state index contributed by atoms with van der Waals surface area (Å²) >= 11 is 1.71. The molecule has 0 spiro atoms. The lowest BCUT2D eigenvalue weighted by molar-refractivity contribution is 0.168. The van der Waals surface area contributed by atoms with Crippen molar-refractivity contribution in [1.82, 2.24) is 20.1 Å². The fourth-order valence-corrected chi connectivity index (χ4v) is 4.22. The van der Waals surface area contributed by atoms with Crippen LogP contribution in [0.2, 0.25) is 0 Å². The van der Waals surface area contributed by atoms with E-state index < -0.39 is 0 Å². The standard InChI is InChI=1S/C16H27N5S/c1-13-15(22-12-19-13)10-18-16(17-2)21-9-6-14(11-21)20-7-4-3-5-8-20/h12,14H,3-11H2,1-2H3,(H,17,18). The van der Waals surface area contributed by atoms with Gasteiger partial charge in [0.2, 0.25) is 0 Å². The van der Waals surface area contributed by atoms with Crippen LogP contribution in [-0.4, -0.2) is 60.0 Å². The van der Waals surface area contributed by atoms with Gasteiger partial charge < -0.3 is 10.2 Å². The van der Waals surface area contributed by atoms with Crippen molar-refractivity contribution in [2.45, 2.75) is 45.2 Å². The number of thiazole rings is 1. The molecule has 0 amide bonds. The zero-order valence-electron chi connectivity index (χ0n) is 13.7. The Morgan fingerprint density at radius 3 is 2.86 bits per heavy atom. The highest BCUT2D eigenvalue weighted by Gasteiger charge is 2.29. The SMILES string of the molecule is CN=C(NCc1scnc1C)N1CCC(N2CCCCC2)C1. The van der Waals surface area contributed by atoms with Gasteiger partial charge in [0.15, 0.2) is 5.96 Å². The lowest BCUT2D eigenvalue weighted by atomic mass is 10.1. The molecule has 2 aliphatic heterocycles. The van der Waals surface area contributed by atoms with Gasteiger partial charge in [0.1, 0.15) is 0 Å². The molecule has 0 radical (unpaired) electrons. The van der Waals surface area contributed by atoms with Gasteiger partial charge in [-0.3, -0.25) is 9.89 Å². The minimum atomic E-state index is 0.712. The molecule has 0 aliphatic carbocycles. The lowest BCUT2D eigenvalue weighted by Gasteiger charge is -2.32. The number of hydrogen-bond acceptors (Lipinski definition) is 4. The van der Waals surface area contributed by atoms with Crippen molar-refractivity contribution >= 4 is 17.3 Å². The van der Waals surface area contributed by atoms with E-state index in [1.165, 1.54) is 43.6 Å². The number of aromatic nitrogens is 1. The van der Waals surface area contributed by atoms with E-state index in [-0.39, 0.29) is 0 Å². The van der Waals surface area contributed by atoms with E-state index in [1.807, 2.05) is 12.6 Å². The molecule has 22 heavy (non-hydrogen) atoms. The van der Waals surface area contributed by atoms with Gasteiger partial charge in [-0.2, -0.15) is 0 Å². The Hall–Kier alpha value is -1.14. The Bertz CT molecular complexity index is 506. The van der Waals surface area contributed by atoms with Crippen LogP contribution >= 0.6 is 11.3 Å². The van der Waals surface area contributed by atoms with Crippen LogP contribution in [0.25, 0.3) is 0 Å². The molecule has 122 valence electrons. The summed E-state index contributed by atoms with van der Waals surface area (Å²) in [6.45, 7) is 7.69. The van der Waals surface area contributed by atoms with Gasteiger partial charge in [0, 0.05) is 31.1 Å². The Labute approximate surface area is 137 Å². The predicted octanol–water partition coefficient (Wildman–Crippen LogP) is 2.09. The summed E-state index contributed by atoms with van der Waals surface area (Å²) in [4.78, 5) is 15.2. The number of nitrogens with zero attached hydrogens (tertiary/aromatic N) is 4. The largest absolute Gasteiger partial charge is 0.351 e. The Balaban J connectivity index is 1.52. The van der Waals surface area contributed by atoms with Gasteiger partial charge in [-0.15, -0.1) is 11.3 Å². The number of aliphatic imine (C=N–C) groups is 1. The first-order valence-corrected chi connectivity index (χ1v) is 9.24. The summed E-state index contributed by atoms with van der Waals surface area (Å²) in [6.07, 6.45) is 5.41. The second-order valence-electron chi connectivity index (χ2n) is 6.25. The molecule has 3 rings (SSSR count). The van der Waals surface area contributed by atoms with E-state index in [4.69, 9.17) is 0 Å². The van der Waals surface area contributed by atoms with Crippen LogP contribution < -0.4 is 5.32 Å². The van der Waals surface area contributed by atoms with Gasteiger partial charge in [0.25, 0.3) is 0 Å². The molecule has 5 nitrogen and oxygen atoms in total. The number of guanidine groups is 1. The number of hydrogen-bond donors (Lipinski definition) is 1. The smallest absolute Gasteiger partial charge is 0.193 e. The third-order valence-corrected chi connectivity index (χ3v) is 5.77. The normalized spacial score (nSPS) is 24.0. The summed E-state index contributed by atoms with van der Waals surface area (Å²) < 4.78 is 0.